The maximum atomic E-state index is 3.62. The van der Waals surface area contributed by atoms with Crippen molar-refractivity contribution in [1.29, 1.82) is 0 Å². The molecule has 86 valence electrons. The Morgan fingerprint density at radius 2 is 2.40 bits per heavy atom. The average Bonchev–Trinajstić information content (AvgIpc) is 2.79. The van der Waals surface area contributed by atoms with Crippen LogP contribution in [0.3, 0.4) is 0 Å². The van der Waals surface area contributed by atoms with E-state index >= 15 is 0 Å². The second kappa shape index (κ2) is 6.59. The number of rotatable bonds is 5. The second-order valence-electron chi connectivity index (χ2n) is 4.79. The Balaban J connectivity index is 1.52. The predicted molar refractivity (Wildman–Crippen MR) is 69.5 cm³/mol. The van der Waals surface area contributed by atoms with E-state index in [1.165, 1.54) is 63.1 Å². The lowest BCUT2D eigenvalue weighted by Crippen LogP contribution is -2.24. The molecule has 1 fully saturated rings. The predicted octanol–water partition coefficient (Wildman–Crippen LogP) is 3.22. The van der Waals surface area contributed by atoms with E-state index < -0.39 is 0 Å². The van der Waals surface area contributed by atoms with Gasteiger partial charge in [-0.3, -0.25) is 0 Å². The number of hydrogen-bond acceptors (Lipinski definition) is 2. The fourth-order valence-corrected chi connectivity index (χ4v) is 3.72. The molecule has 0 bridgehead atoms. The second-order valence-corrected chi connectivity index (χ2v) is 5.94. The van der Waals surface area contributed by atoms with Gasteiger partial charge < -0.3 is 5.32 Å². The molecule has 2 aliphatic rings. The molecule has 1 unspecified atom stereocenters. The molecular formula is C13H23NS. The van der Waals surface area contributed by atoms with Crippen LogP contribution >= 0.6 is 11.8 Å². The largest absolute Gasteiger partial charge is 0.316 e. The van der Waals surface area contributed by atoms with E-state index in [2.05, 4.69) is 23.2 Å². The highest BCUT2D eigenvalue weighted by molar-refractivity contribution is 7.99. The number of thioether (sulfide) groups is 1. The van der Waals surface area contributed by atoms with E-state index in [1.54, 1.807) is 5.57 Å². The summed E-state index contributed by atoms with van der Waals surface area (Å²) in [6.45, 7) is 2.45. The number of allylic oxidation sites excluding steroid dienone is 1. The lowest BCUT2D eigenvalue weighted by molar-refractivity contribution is 0.521. The summed E-state index contributed by atoms with van der Waals surface area (Å²) in [4.78, 5) is 0. The molecule has 0 aromatic rings. The molecule has 2 rings (SSSR count). The molecule has 0 amide bonds. The van der Waals surface area contributed by atoms with Crippen molar-refractivity contribution >= 4 is 11.8 Å². The van der Waals surface area contributed by atoms with Crippen LogP contribution in [0, 0.1) is 5.92 Å². The molecule has 0 aromatic heterocycles. The molecule has 0 radical (unpaired) electrons. The highest BCUT2D eigenvalue weighted by Crippen LogP contribution is 2.23. The van der Waals surface area contributed by atoms with Crippen molar-refractivity contribution in [2.45, 2.75) is 38.5 Å². The summed E-state index contributed by atoms with van der Waals surface area (Å²) in [5.41, 5.74) is 1.70. The van der Waals surface area contributed by atoms with E-state index in [-0.39, 0.29) is 0 Å². The average molecular weight is 225 g/mol. The van der Waals surface area contributed by atoms with E-state index in [4.69, 9.17) is 0 Å². The SMILES string of the molecule is C1=C(CCNCC2CCSC2)CCCC1. The minimum absolute atomic E-state index is 0.954. The molecule has 15 heavy (non-hydrogen) atoms. The third kappa shape index (κ3) is 4.20. The molecule has 2 heteroatoms. The Labute approximate surface area is 98.1 Å². The number of hydrogen-bond donors (Lipinski definition) is 1. The molecule has 0 saturated carbocycles. The first-order valence-corrected chi connectivity index (χ1v) is 7.57. The minimum Gasteiger partial charge on any atom is -0.316 e. The smallest absolute Gasteiger partial charge is 0.00115 e. The van der Waals surface area contributed by atoms with Crippen molar-refractivity contribution in [2.75, 3.05) is 24.6 Å². The molecule has 1 saturated heterocycles. The molecule has 1 atom stereocenters. The maximum absolute atomic E-state index is 3.62. The van der Waals surface area contributed by atoms with Gasteiger partial charge in [0.25, 0.3) is 0 Å². The summed E-state index contributed by atoms with van der Waals surface area (Å²) in [6, 6.07) is 0. The van der Waals surface area contributed by atoms with Crippen LogP contribution in [0.25, 0.3) is 0 Å². The van der Waals surface area contributed by atoms with E-state index in [0.29, 0.717) is 0 Å². The van der Waals surface area contributed by atoms with Crippen LogP contribution in [0.4, 0.5) is 0 Å². The van der Waals surface area contributed by atoms with Gasteiger partial charge in [0.2, 0.25) is 0 Å². The minimum atomic E-state index is 0.954. The van der Waals surface area contributed by atoms with Crippen LogP contribution in [0.15, 0.2) is 11.6 Å². The van der Waals surface area contributed by atoms with E-state index in [1.807, 2.05) is 0 Å². The standard InChI is InChI=1S/C13H23NS/c1-2-4-12(5-3-1)6-8-14-10-13-7-9-15-11-13/h4,13-14H,1-3,5-11H2. The first-order valence-electron chi connectivity index (χ1n) is 6.41. The van der Waals surface area contributed by atoms with Gasteiger partial charge in [-0.2, -0.15) is 11.8 Å². The fourth-order valence-electron chi connectivity index (χ4n) is 2.43. The molecule has 0 aromatic carbocycles. The topological polar surface area (TPSA) is 12.0 Å². The van der Waals surface area contributed by atoms with Gasteiger partial charge in [0, 0.05) is 0 Å². The van der Waals surface area contributed by atoms with Crippen LogP contribution in [0.1, 0.15) is 38.5 Å². The van der Waals surface area contributed by atoms with Gasteiger partial charge in [-0.15, -0.1) is 0 Å². The Morgan fingerprint density at radius 3 is 3.13 bits per heavy atom. The summed E-state index contributed by atoms with van der Waals surface area (Å²) < 4.78 is 0. The van der Waals surface area contributed by atoms with Gasteiger partial charge in [0.05, 0.1) is 0 Å². The highest BCUT2D eigenvalue weighted by Gasteiger charge is 2.14. The van der Waals surface area contributed by atoms with Gasteiger partial charge in [-0.25, -0.2) is 0 Å². The van der Waals surface area contributed by atoms with Crippen molar-refractivity contribution in [2.24, 2.45) is 5.92 Å². The van der Waals surface area contributed by atoms with Crippen molar-refractivity contribution in [1.82, 2.24) is 5.32 Å². The lowest BCUT2D eigenvalue weighted by atomic mass is 9.97. The van der Waals surface area contributed by atoms with Crippen molar-refractivity contribution in [3.05, 3.63) is 11.6 Å². The van der Waals surface area contributed by atoms with Gasteiger partial charge in [-0.1, -0.05) is 11.6 Å². The summed E-state index contributed by atoms with van der Waals surface area (Å²) in [5.74, 6) is 3.73. The molecular weight excluding hydrogens is 202 g/mol. The molecule has 0 spiro atoms. The Bertz CT molecular complexity index is 207. The van der Waals surface area contributed by atoms with E-state index in [0.717, 1.165) is 5.92 Å². The van der Waals surface area contributed by atoms with Crippen molar-refractivity contribution in [3.8, 4) is 0 Å². The zero-order valence-electron chi connectivity index (χ0n) is 9.63. The molecule has 1 N–H and O–H groups in total. The fraction of sp³-hybridized carbons (Fsp3) is 0.846. The Hall–Kier alpha value is 0.0500. The first-order chi connectivity index (χ1) is 7.45. The van der Waals surface area contributed by atoms with Crippen LogP contribution in [-0.4, -0.2) is 24.6 Å². The van der Waals surface area contributed by atoms with Gasteiger partial charge in [-0.05, 0) is 69.0 Å². The zero-order chi connectivity index (χ0) is 10.3. The van der Waals surface area contributed by atoms with Crippen molar-refractivity contribution < 1.29 is 0 Å². The van der Waals surface area contributed by atoms with Gasteiger partial charge in [0.15, 0.2) is 0 Å². The van der Waals surface area contributed by atoms with Crippen LogP contribution in [-0.2, 0) is 0 Å². The van der Waals surface area contributed by atoms with Gasteiger partial charge >= 0.3 is 0 Å². The molecule has 1 nitrogen and oxygen atoms in total. The van der Waals surface area contributed by atoms with Gasteiger partial charge in [0.1, 0.15) is 0 Å². The van der Waals surface area contributed by atoms with Crippen molar-refractivity contribution in [3.63, 3.8) is 0 Å². The highest BCUT2D eigenvalue weighted by atomic mass is 32.2. The quantitative estimate of drug-likeness (QED) is 0.569. The molecule has 1 aliphatic heterocycles. The number of nitrogens with one attached hydrogen (secondary N) is 1. The summed E-state index contributed by atoms with van der Waals surface area (Å²) in [7, 11) is 0. The van der Waals surface area contributed by atoms with E-state index in [9.17, 15) is 0 Å². The van der Waals surface area contributed by atoms with Crippen LogP contribution < -0.4 is 5.32 Å². The van der Waals surface area contributed by atoms with Crippen LogP contribution in [0.2, 0.25) is 0 Å². The molecule has 1 heterocycles. The summed E-state index contributed by atoms with van der Waals surface area (Å²) in [5, 5.41) is 3.62. The normalized spacial score (nSPS) is 26.7. The third-order valence-electron chi connectivity index (χ3n) is 3.46. The lowest BCUT2D eigenvalue weighted by Gasteiger charge is -2.14. The first kappa shape index (κ1) is 11.5. The maximum Gasteiger partial charge on any atom is -0.00115 e. The molecule has 1 aliphatic carbocycles. The Morgan fingerprint density at radius 1 is 1.40 bits per heavy atom. The Kier molecular flexibility index (Phi) is 5.07. The third-order valence-corrected chi connectivity index (χ3v) is 4.70. The summed E-state index contributed by atoms with van der Waals surface area (Å²) in [6.07, 6.45) is 10.7. The summed E-state index contributed by atoms with van der Waals surface area (Å²) >= 11 is 2.12. The zero-order valence-corrected chi connectivity index (χ0v) is 10.5. The monoisotopic (exact) mass is 225 g/mol. The van der Waals surface area contributed by atoms with Crippen LogP contribution in [0.5, 0.6) is 0 Å².